The first-order chi connectivity index (χ1) is 16.8. The lowest BCUT2D eigenvalue weighted by molar-refractivity contribution is 0.826. The number of hydrogen-bond donors (Lipinski definition) is 0. The Kier molecular flexibility index (Phi) is 5.36. The zero-order valence-corrected chi connectivity index (χ0v) is 20.1. The van der Waals surface area contributed by atoms with E-state index in [1.165, 1.54) is 5.56 Å². The largest absolute Gasteiger partial charge is 0.305 e. The van der Waals surface area contributed by atoms with Gasteiger partial charge in [-0.05, 0) is 23.3 Å². The maximum atomic E-state index is 5.24. The van der Waals surface area contributed by atoms with Crippen LogP contribution in [-0.4, -0.2) is 14.0 Å². The third-order valence-electron chi connectivity index (χ3n) is 6.09. The third kappa shape index (κ3) is 3.76. The number of benzene rings is 4. The van der Waals surface area contributed by atoms with Crippen LogP contribution in [0.5, 0.6) is 0 Å². The average Bonchev–Trinajstić information content (AvgIpc) is 3.43. The Morgan fingerprint density at radius 3 is 1.85 bits per heavy atom. The number of imidazole rings is 2. The SMILES string of the molecule is Brc1ccc(-c2cn3c(-c4ccccc4)c(-c4ccccc4)nc3n2Cc2ccccc2)cc1. The van der Waals surface area contributed by atoms with E-state index in [2.05, 4.69) is 140 Å². The quantitative estimate of drug-likeness (QED) is 0.234. The molecule has 0 fully saturated rings. The van der Waals surface area contributed by atoms with Crippen LogP contribution in [0.3, 0.4) is 0 Å². The van der Waals surface area contributed by atoms with Gasteiger partial charge >= 0.3 is 0 Å². The molecule has 2 aromatic heterocycles. The normalized spacial score (nSPS) is 11.2. The molecule has 34 heavy (non-hydrogen) atoms. The molecular formula is C30H22BrN3. The molecule has 0 radical (unpaired) electrons. The molecule has 0 saturated carbocycles. The van der Waals surface area contributed by atoms with Crippen molar-refractivity contribution in [1.82, 2.24) is 14.0 Å². The topological polar surface area (TPSA) is 22.2 Å². The van der Waals surface area contributed by atoms with Crippen molar-refractivity contribution in [3.05, 3.63) is 131 Å². The van der Waals surface area contributed by atoms with E-state index in [0.29, 0.717) is 0 Å². The Labute approximate surface area is 207 Å². The van der Waals surface area contributed by atoms with Crippen LogP contribution in [0.2, 0.25) is 0 Å². The molecular weight excluding hydrogens is 482 g/mol. The van der Waals surface area contributed by atoms with Gasteiger partial charge in [-0.25, -0.2) is 4.98 Å². The Morgan fingerprint density at radius 2 is 1.21 bits per heavy atom. The van der Waals surface area contributed by atoms with Gasteiger partial charge in [0.2, 0.25) is 5.78 Å². The predicted molar refractivity (Wildman–Crippen MR) is 143 cm³/mol. The van der Waals surface area contributed by atoms with Gasteiger partial charge in [-0.2, -0.15) is 0 Å². The highest BCUT2D eigenvalue weighted by Gasteiger charge is 2.21. The molecule has 0 N–H and O–H groups in total. The van der Waals surface area contributed by atoms with Gasteiger partial charge in [-0.1, -0.05) is 119 Å². The molecule has 0 bridgehead atoms. The van der Waals surface area contributed by atoms with Crippen LogP contribution < -0.4 is 0 Å². The molecule has 164 valence electrons. The molecule has 6 rings (SSSR count). The molecule has 4 heteroatoms. The summed E-state index contributed by atoms with van der Waals surface area (Å²) in [4.78, 5) is 5.24. The van der Waals surface area contributed by atoms with Gasteiger partial charge in [0.1, 0.15) is 0 Å². The molecule has 0 aliphatic rings. The second-order valence-corrected chi connectivity index (χ2v) is 9.22. The molecule has 2 heterocycles. The maximum absolute atomic E-state index is 5.24. The van der Waals surface area contributed by atoms with Gasteiger partial charge in [-0.3, -0.25) is 4.40 Å². The van der Waals surface area contributed by atoms with Crippen LogP contribution in [0, 0.1) is 0 Å². The van der Waals surface area contributed by atoms with E-state index >= 15 is 0 Å². The lowest BCUT2D eigenvalue weighted by atomic mass is 10.0. The number of fused-ring (bicyclic) bond motifs is 1. The highest BCUT2D eigenvalue weighted by atomic mass is 79.9. The molecule has 0 aliphatic heterocycles. The van der Waals surface area contributed by atoms with Gasteiger partial charge in [0, 0.05) is 21.8 Å². The first-order valence-electron chi connectivity index (χ1n) is 11.3. The third-order valence-corrected chi connectivity index (χ3v) is 6.62. The monoisotopic (exact) mass is 503 g/mol. The van der Waals surface area contributed by atoms with E-state index in [-0.39, 0.29) is 0 Å². The van der Waals surface area contributed by atoms with Crippen molar-refractivity contribution >= 4 is 21.7 Å². The lowest BCUT2D eigenvalue weighted by Crippen LogP contribution is -2.02. The van der Waals surface area contributed by atoms with Crippen LogP contribution in [0.4, 0.5) is 0 Å². The second kappa shape index (κ2) is 8.81. The van der Waals surface area contributed by atoms with Crippen molar-refractivity contribution in [2.75, 3.05) is 0 Å². The van der Waals surface area contributed by atoms with E-state index in [4.69, 9.17) is 4.98 Å². The molecule has 3 nitrogen and oxygen atoms in total. The standard InChI is InChI=1S/C30H22BrN3/c31-26-18-16-23(17-19-26)27-21-34-29(25-14-8-3-9-15-25)28(24-12-6-2-7-13-24)32-30(34)33(27)20-22-10-4-1-5-11-22/h1-19,21H,20H2. The molecule has 0 atom stereocenters. The minimum Gasteiger partial charge on any atom is -0.305 e. The lowest BCUT2D eigenvalue weighted by Gasteiger charge is -2.10. The number of hydrogen-bond acceptors (Lipinski definition) is 1. The fourth-order valence-electron chi connectivity index (χ4n) is 4.48. The van der Waals surface area contributed by atoms with Crippen LogP contribution in [0.1, 0.15) is 5.56 Å². The number of nitrogens with zero attached hydrogens (tertiary/aromatic N) is 3. The highest BCUT2D eigenvalue weighted by Crippen LogP contribution is 2.36. The number of aromatic nitrogens is 3. The second-order valence-electron chi connectivity index (χ2n) is 8.30. The molecule has 4 aromatic carbocycles. The van der Waals surface area contributed by atoms with Gasteiger partial charge < -0.3 is 4.57 Å². The summed E-state index contributed by atoms with van der Waals surface area (Å²) in [6.45, 7) is 0.738. The molecule has 0 aliphatic carbocycles. The first-order valence-corrected chi connectivity index (χ1v) is 12.1. The summed E-state index contributed by atoms with van der Waals surface area (Å²) >= 11 is 3.57. The summed E-state index contributed by atoms with van der Waals surface area (Å²) in [5.41, 5.74) is 7.89. The van der Waals surface area contributed by atoms with Crippen LogP contribution in [0.25, 0.3) is 39.5 Å². The van der Waals surface area contributed by atoms with E-state index in [1.807, 2.05) is 6.07 Å². The van der Waals surface area contributed by atoms with Crippen molar-refractivity contribution in [3.8, 4) is 33.8 Å². The fourth-order valence-corrected chi connectivity index (χ4v) is 4.74. The molecule has 0 saturated heterocycles. The Morgan fingerprint density at radius 1 is 0.618 bits per heavy atom. The molecule has 0 spiro atoms. The Hall–Kier alpha value is -3.89. The van der Waals surface area contributed by atoms with Gasteiger partial charge in [0.05, 0.1) is 23.6 Å². The predicted octanol–water partition coefficient (Wildman–Crippen LogP) is 7.95. The number of rotatable bonds is 5. The van der Waals surface area contributed by atoms with E-state index < -0.39 is 0 Å². The summed E-state index contributed by atoms with van der Waals surface area (Å²) in [6, 6.07) is 40.0. The van der Waals surface area contributed by atoms with Crippen molar-refractivity contribution in [2.24, 2.45) is 0 Å². The molecule has 0 amide bonds. The highest BCUT2D eigenvalue weighted by molar-refractivity contribution is 9.10. The summed E-state index contributed by atoms with van der Waals surface area (Å²) in [7, 11) is 0. The zero-order chi connectivity index (χ0) is 22.9. The van der Waals surface area contributed by atoms with Gasteiger partial charge in [0.25, 0.3) is 0 Å². The van der Waals surface area contributed by atoms with E-state index in [1.54, 1.807) is 0 Å². The van der Waals surface area contributed by atoms with Crippen LogP contribution in [-0.2, 0) is 6.54 Å². The van der Waals surface area contributed by atoms with Crippen molar-refractivity contribution < 1.29 is 0 Å². The van der Waals surface area contributed by atoms with Crippen LogP contribution in [0.15, 0.2) is 126 Å². The summed E-state index contributed by atoms with van der Waals surface area (Å²) < 4.78 is 5.63. The van der Waals surface area contributed by atoms with Crippen molar-refractivity contribution in [3.63, 3.8) is 0 Å². The van der Waals surface area contributed by atoms with E-state index in [0.717, 1.165) is 50.6 Å². The molecule has 0 unspecified atom stereocenters. The summed E-state index contributed by atoms with van der Waals surface area (Å²) in [5.74, 6) is 0.930. The van der Waals surface area contributed by atoms with Crippen LogP contribution >= 0.6 is 15.9 Å². The average molecular weight is 504 g/mol. The van der Waals surface area contributed by atoms with E-state index in [9.17, 15) is 0 Å². The fraction of sp³-hybridized carbons (Fsp3) is 0.0333. The minimum absolute atomic E-state index is 0.738. The minimum atomic E-state index is 0.738. The van der Waals surface area contributed by atoms with Gasteiger partial charge in [0.15, 0.2) is 0 Å². The maximum Gasteiger partial charge on any atom is 0.215 e. The van der Waals surface area contributed by atoms with Gasteiger partial charge in [-0.15, -0.1) is 0 Å². The summed E-state index contributed by atoms with van der Waals surface area (Å²) in [6.07, 6.45) is 2.23. The number of halogens is 1. The summed E-state index contributed by atoms with van der Waals surface area (Å²) in [5, 5.41) is 0. The van der Waals surface area contributed by atoms with Crippen molar-refractivity contribution in [1.29, 1.82) is 0 Å². The smallest absolute Gasteiger partial charge is 0.215 e. The van der Waals surface area contributed by atoms with Crippen molar-refractivity contribution in [2.45, 2.75) is 6.54 Å². The zero-order valence-electron chi connectivity index (χ0n) is 18.5. The molecule has 6 aromatic rings. The Balaban J connectivity index is 1.65. The first kappa shape index (κ1) is 20.7. The Bertz CT molecular complexity index is 1550.